The lowest BCUT2D eigenvalue weighted by molar-refractivity contribution is 0.159. The van der Waals surface area contributed by atoms with Gasteiger partial charge in [0.25, 0.3) is 0 Å². The summed E-state index contributed by atoms with van der Waals surface area (Å²) in [6.07, 6.45) is 0.929. The number of anilines is 1. The number of hydrogen-bond acceptors (Lipinski definition) is 5. The topological polar surface area (TPSA) is 34.2 Å². The second-order valence-electron chi connectivity index (χ2n) is 7.99. The van der Waals surface area contributed by atoms with Gasteiger partial charge in [0.1, 0.15) is 11.9 Å². The van der Waals surface area contributed by atoms with E-state index in [0.29, 0.717) is 0 Å². The largest absolute Gasteiger partial charge is 0.486 e. The molecule has 5 heteroatoms. The Hall–Kier alpha value is -3.18. The van der Waals surface area contributed by atoms with Crippen LogP contribution in [0.15, 0.2) is 78.9 Å². The molecule has 0 saturated carbocycles. The number of piperazine rings is 1. The van der Waals surface area contributed by atoms with Gasteiger partial charge in [0.2, 0.25) is 6.79 Å². The maximum absolute atomic E-state index is 6.43. The first-order valence-electron chi connectivity index (χ1n) is 11.0. The summed E-state index contributed by atoms with van der Waals surface area (Å²) in [5.41, 5.74) is 2.51. The van der Waals surface area contributed by atoms with Crippen LogP contribution in [-0.4, -0.2) is 44.4 Å². The molecule has 1 unspecified atom stereocenters. The second kappa shape index (κ2) is 9.31. The molecular formula is C26H28N2O3. The van der Waals surface area contributed by atoms with E-state index in [2.05, 4.69) is 64.4 Å². The number of fused-ring (bicyclic) bond motifs is 1. The van der Waals surface area contributed by atoms with Crippen LogP contribution < -0.4 is 19.1 Å². The third-order valence-electron chi connectivity index (χ3n) is 5.99. The standard InChI is InChI=1S/C26H28N2O3/c1-3-7-21(8-4-1)24(31-23-11-12-25-26(19-23)30-20-29-25)13-14-27-15-17-28(18-16-27)22-9-5-2-6-10-22/h1-12,19,24H,13-18,20H2. The first-order valence-corrected chi connectivity index (χ1v) is 11.0. The lowest BCUT2D eigenvalue weighted by Gasteiger charge is -2.36. The van der Waals surface area contributed by atoms with Crippen molar-refractivity contribution in [2.24, 2.45) is 0 Å². The quantitative estimate of drug-likeness (QED) is 0.555. The van der Waals surface area contributed by atoms with Crippen molar-refractivity contribution in [3.05, 3.63) is 84.4 Å². The molecule has 0 spiro atoms. The molecule has 0 amide bonds. The van der Waals surface area contributed by atoms with Gasteiger partial charge in [-0.3, -0.25) is 4.90 Å². The van der Waals surface area contributed by atoms with Crippen molar-refractivity contribution in [3.63, 3.8) is 0 Å². The van der Waals surface area contributed by atoms with Crippen LogP contribution in [0.5, 0.6) is 17.2 Å². The highest BCUT2D eigenvalue weighted by molar-refractivity contribution is 5.47. The maximum Gasteiger partial charge on any atom is 0.231 e. The Morgan fingerprint density at radius 1 is 0.774 bits per heavy atom. The van der Waals surface area contributed by atoms with E-state index >= 15 is 0 Å². The Morgan fingerprint density at radius 3 is 2.26 bits per heavy atom. The number of para-hydroxylation sites is 1. The van der Waals surface area contributed by atoms with E-state index < -0.39 is 0 Å². The molecule has 0 bridgehead atoms. The van der Waals surface area contributed by atoms with Gasteiger partial charge in [-0.1, -0.05) is 48.5 Å². The second-order valence-corrected chi connectivity index (χ2v) is 7.99. The number of benzene rings is 3. The molecule has 2 heterocycles. The van der Waals surface area contributed by atoms with Crippen molar-refractivity contribution in [2.45, 2.75) is 12.5 Å². The Balaban J connectivity index is 1.21. The first kappa shape index (κ1) is 19.8. The minimum absolute atomic E-state index is 0.00581. The van der Waals surface area contributed by atoms with Crippen molar-refractivity contribution in [2.75, 3.05) is 44.4 Å². The molecule has 0 aromatic heterocycles. The highest BCUT2D eigenvalue weighted by Gasteiger charge is 2.21. The summed E-state index contributed by atoms with van der Waals surface area (Å²) >= 11 is 0. The Bertz CT molecular complexity index is 972. The normalized spacial score (nSPS) is 16.8. The van der Waals surface area contributed by atoms with E-state index in [9.17, 15) is 0 Å². The van der Waals surface area contributed by atoms with Gasteiger partial charge in [-0.25, -0.2) is 0 Å². The number of ether oxygens (including phenoxy) is 3. The zero-order chi connectivity index (χ0) is 20.9. The summed E-state index contributed by atoms with van der Waals surface area (Å²) in [4.78, 5) is 5.01. The van der Waals surface area contributed by atoms with E-state index in [-0.39, 0.29) is 12.9 Å². The van der Waals surface area contributed by atoms with Crippen LogP contribution in [0.25, 0.3) is 0 Å². The van der Waals surface area contributed by atoms with Crippen LogP contribution in [0.2, 0.25) is 0 Å². The Morgan fingerprint density at radius 2 is 1.48 bits per heavy atom. The third kappa shape index (κ3) is 4.78. The fourth-order valence-corrected chi connectivity index (χ4v) is 4.24. The first-order chi connectivity index (χ1) is 15.3. The van der Waals surface area contributed by atoms with Crippen LogP contribution in [-0.2, 0) is 0 Å². The number of rotatable bonds is 7. The van der Waals surface area contributed by atoms with E-state index in [1.807, 2.05) is 24.3 Å². The molecule has 2 aliphatic rings. The van der Waals surface area contributed by atoms with Crippen molar-refractivity contribution < 1.29 is 14.2 Å². The molecule has 5 nitrogen and oxygen atoms in total. The molecule has 0 N–H and O–H groups in total. The Kier molecular flexibility index (Phi) is 5.94. The van der Waals surface area contributed by atoms with Crippen LogP contribution in [0.4, 0.5) is 5.69 Å². The van der Waals surface area contributed by atoms with E-state index in [4.69, 9.17) is 14.2 Å². The van der Waals surface area contributed by atoms with Crippen LogP contribution in [0, 0.1) is 0 Å². The fourth-order valence-electron chi connectivity index (χ4n) is 4.24. The van der Waals surface area contributed by atoms with Gasteiger partial charge in [0.15, 0.2) is 11.5 Å². The molecule has 5 rings (SSSR count). The lowest BCUT2D eigenvalue weighted by atomic mass is 10.1. The highest BCUT2D eigenvalue weighted by atomic mass is 16.7. The maximum atomic E-state index is 6.43. The molecule has 1 saturated heterocycles. The van der Waals surface area contributed by atoms with Gasteiger partial charge in [-0.15, -0.1) is 0 Å². The number of nitrogens with zero attached hydrogens (tertiary/aromatic N) is 2. The molecule has 0 radical (unpaired) electrons. The SMILES string of the molecule is c1ccc(C(CCN2CCN(c3ccccc3)CC2)Oc2ccc3c(c2)OCO3)cc1. The van der Waals surface area contributed by atoms with E-state index in [1.165, 1.54) is 11.3 Å². The van der Waals surface area contributed by atoms with Crippen LogP contribution in [0.1, 0.15) is 18.1 Å². The molecule has 3 aromatic rings. The molecule has 1 atom stereocenters. The molecule has 2 aliphatic heterocycles. The molecule has 160 valence electrons. The van der Waals surface area contributed by atoms with Crippen molar-refractivity contribution in [1.29, 1.82) is 0 Å². The summed E-state index contributed by atoms with van der Waals surface area (Å²) in [5, 5.41) is 0. The molecule has 0 aliphatic carbocycles. The molecule has 31 heavy (non-hydrogen) atoms. The van der Waals surface area contributed by atoms with E-state index in [0.717, 1.165) is 56.4 Å². The summed E-state index contributed by atoms with van der Waals surface area (Å²) < 4.78 is 17.4. The van der Waals surface area contributed by atoms with Crippen molar-refractivity contribution in [3.8, 4) is 17.2 Å². The average Bonchev–Trinajstić information content (AvgIpc) is 3.31. The molecular weight excluding hydrogens is 388 g/mol. The summed E-state index contributed by atoms with van der Waals surface area (Å²) in [6.45, 7) is 5.54. The summed E-state index contributed by atoms with van der Waals surface area (Å²) in [7, 11) is 0. The zero-order valence-electron chi connectivity index (χ0n) is 17.7. The lowest BCUT2D eigenvalue weighted by Crippen LogP contribution is -2.46. The smallest absolute Gasteiger partial charge is 0.231 e. The van der Waals surface area contributed by atoms with Gasteiger partial charge < -0.3 is 19.1 Å². The predicted molar refractivity (Wildman–Crippen MR) is 122 cm³/mol. The summed E-state index contributed by atoms with van der Waals surface area (Å²) in [6, 6.07) is 27.0. The van der Waals surface area contributed by atoms with Gasteiger partial charge in [0.05, 0.1) is 0 Å². The van der Waals surface area contributed by atoms with Gasteiger partial charge in [-0.05, 0) is 29.8 Å². The summed E-state index contributed by atoms with van der Waals surface area (Å²) in [5.74, 6) is 2.34. The minimum Gasteiger partial charge on any atom is -0.486 e. The Labute approximate surface area is 183 Å². The average molecular weight is 417 g/mol. The zero-order valence-corrected chi connectivity index (χ0v) is 17.7. The minimum atomic E-state index is -0.00581. The van der Waals surface area contributed by atoms with Gasteiger partial charge in [0, 0.05) is 50.9 Å². The van der Waals surface area contributed by atoms with Gasteiger partial charge >= 0.3 is 0 Å². The fraction of sp³-hybridized carbons (Fsp3) is 0.308. The van der Waals surface area contributed by atoms with E-state index in [1.54, 1.807) is 0 Å². The van der Waals surface area contributed by atoms with Gasteiger partial charge in [-0.2, -0.15) is 0 Å². The third-order valence-corrected chi connectivity index (χ3v) is 5.99. The highest BCUT2D eigenvalue weighted by Crippen LogP contribution is 2.37. The van der Waals surface area contributed by atoms with Crippen LogP contribution >= 0.6 is 0 Å². The molecule has 1 fully saturated rings. The molecule has 3 aromatic carbocycles. The van der Waals surface area contributed by atoms with Crippen molar-refractivity contribution in [1.82, 2.24) is 4.90 Å². The predicted octanol–water partition coefficient (Wildman–Crippen LogP) is 4.75. The monoisotopic (exact) mass is 416 g/mol. The van der Waals surface area contributed by atoms with Crippen molar-refractivity contribution >= 4 is 5.69 Å². The van der Waals surface area contributed by atoms with Crippen LogP contribution in [0.3, 0.4) is 0 Å². The number of hydrogen-bond donors (Lipinski definition) is 0.